The second-order valence-electron chi connectivity index (χ2n) is 4.02. The number of esters is 1. The van der Waals surface area contributed by atoms with Crippen molar-refractivity contribution < 1.29 is 18.7 Å². The Kier molecular flexibility index (Phi) is 3.90. The molecule has 0 fully saturated rings. The van der Waals surface area contributed by atoms with Crippen molar-refractivity contribution in [3.8, 4) is 17.1 Å². The van der Waals surface area contributed by atoms with Crippen molar-refractivity contribution in [1.29, 1.82) is 0 Å². The smallest absolute Gasteiger partial charge is 0.341 e. The normalized spacial score (nSPS) is 10.3. The van der Waals surface area contributed by atoms with Gasteiger partial charge in [0.25, 0.3) is 0 Å². The molecule has 0 saturated heterocycles. The first-order chi connectivity index (χ1) is 9.19. The molecule has 1 heterocycles. The van der Waals surface area contributed by atoms with Crippen molar-refractivity contribution in [2.45, 2.75) is 13.3 Å². The van der Waals surface area contributed by atoms with Gasteiger partial charge in [0, 0.05) is 12.0 Å². The summed E-state index contributed by atoms with van der Waals surface area (Å²) in [5, 5.41) is 0. The maximum absolute atomic E-state index is 11.7. The van der Waals surface area contributed by atoms with E-state index in [4.69, 9.17) is 13.9 Å². The molecule has 2 rings (SSSR count). The average Bonchev–Trinajstić information content (AvgIpc) is 2.90. The summed E-state index contributed by atoms with van der Waals surface area (Å²) in [6.07, 6.45) is 0.633. The Balaban J connectivity index is 2.45. The number of aryl methyl sites for hydroxylation is 1. The van der Waals surface area contributed by atoms with Crippen molar-refractivity contribution in [3.05, 3.63) is 41.7 Å². The predicted molar refractivity (Wildman–Crippen MR) is 71.4 cm³/mol. The van der Waals surface area contributed by atoms with E-state index in [1.54, 1.807) is 13.2 Å². The van der Waals surface area contributed by atoms with Crippen molar-refractivity contribution in [2.75, 3.05) is 14.2 Å². The summed E-state index contributed by atoms with van der Waals surface area (Å²) in [4.78, 5) is 11.7. The maximum Gasteiger partial charge on any atom is 0.341 e. The Labute approximate surface area is 111 Å². The van der Waals surface area contributed by atoms with Gasteiger partial charge in [-0.1, -0.05) is 19.1 Å². The molecule has 4 nitrogen and oxygen atoms in total. The van der Waals surface area contributed by atoms with Crippen LogP contribution in [0.4, 0.5) is 0 Å². The van der Waals surface area contributed by atoms with Gasteiger partial charge in [-0.05, 0) is 18.2 Å². The molecule has 0 aliphatic heterocycles. The third kappa shape index (κ3) is 2.62. The van der Waals surface area contributed by atoms with Gasteiger partial charge in [0.2, 0.25) is 0 Å². The minimum Gasteiger partial charge on any atom is -0.497 e. The van der Waals surface area contributed by atoms with Crippen LogP contribution in [0.25, 0.3) is 11.3 Å². The number of furan rings is 1. The van der Waals surface area contributed by atoms with Crippen LogP contribution in [0, 0.1) is 0 Å². The highest BCUT2D eigenvalue weighted by molar-refractivity contribution is 5.91. The fraction of sp³-hybridized carbons (Fsp3) is 0.267. The Morgan fingerprint density at radius 3 is 2.68 bits per heavy atom. The standard InChI is InChI=1S/C15H16O4/c1-4-13-12(15(16)18-3)9-14(19-13)10-6-5-7-11(8-10)17-2/h5-9H,4H2,1-3H3. The summed E-state index contributed by atoms with van der Waals surface area (Å²) < 4.78 is 15.6. The van der Waals surface area contributed by atoms with Crippen LogP contribution < -0.4 is 4.74 Å². The summed E-state index contributed by atoms with van der Waals surface area (Å²) in [6, 6.07) is 9.20. The highest BCUT2D eigenvalue weighted by Crippen LogP contribution is 2.28. The van der Waals surface area contributed by atoms with E-state index in [9.17, 15) is 4.79 Å². The van der Waals surface area contributed by atoms with E-state index in [1.807, 2.05) is 31.2 Å². The molecule has 1 aromatic carbocycles. The zero-order valence-corrected chi connectivity index (χ0v) is 11.2. The number of methoxy groups -OCH3 is 2. The second kappa shape index (κ2) is 5.61. The summed E-state index contributed by atoms with van der Waals surface area (Å²) in [5.41, 5.74) is 1.34. The third-order valence-electron chi connectivity index (χ3n) is 2.89. The lowest BCUT2D eigenvalue weighted by Crippen LogP contribution is -2.02. The summed E-state index contributed by atoms with van der Waals surface area (Å²) in [7, 11) is 2.97. The molecule has 4 heteroatoms. The van der Waals surface area contributed by atoms with Gasteiger partial charge in [0.1, 0.15) is 22.8 Å². The van der Waals surface area contributed by atoms with Crippen LogP contribution in [-0.2, 0) is 11.2 Å². The lowest BCUT2D eigenvalue weighted by molar-refractivity contribution is 0.0598. The molecule has 0 saturated carbocycles. The van der Waals surface area contributed by atoms with E-state index in [0.29, 0.717) is 23.5 Å². The number of carbonyl (C=O) groups excluding carboxylic acids is 1. The van der Waals surface area contributed by atoms with E-state index in [0.717, 1.165) is 11.3 Å². The highest BCUT2D eigenvalue weighted by atomic mass is 16.5. The molecule has 0 aliphatic rings. The topological polar surface area (TPSA) is 48.7 Å². The molecule has 100 valence electrons. The lowest BCUT2D eigenvalue weighted by Gasteiger charge is -2.01. The van der Waals surface area contributed by atoms with E-state index < -0.39 is 0 Å². The molecule has 0 atom stereocenters. The fourth-order valence-electron chi connectivity index (χ4n) is 1.89. The zero-order valence-electron chi connectivity index (χ0n) is 11.2. The first kappa shape index (κ1) is 13.2. The minimum absolute atomic E-state index is 0.380. The first-order valence-electron chi connectivity index (χ1n) is 6.05. The SMILES string of the molecule is CCc1oc(-c2cccc(OC)c2)cc1C(=O)OC. The molecule has 0 aliphatic carbocycles. The van der Waals surface area contributed by atoms with Crippen LogP contribution in [0.2, 0.25) is 0 Å². The van der Waals surface area contributed by atoms with Crippen LogP contribution in [0.1, 0.15) is 23.0 Å². The number of benzene rings is 1. The van der Waals surface area contributed by atoms with Gasteiger partial charge in [-0.2, -0.15) is 0 Å². The van der Waals surface area contributed by atoms with Crippen molar-refractivity contribution in [3.63, 3.8) is 0 Å². The van der Waals surface area contributed by atoms with E-state index in [2.05, 4.69) is 0 Å². The second-order valence-corrected chi connectivity index (χ2v) is 4.02. The van der Waals surface area contributed by atoms with Crippen molar-refractivity contribution in [1.82, 2.24) is 0 Å². The molecule has 0 unspecified atom stereocenters. The maximum atomic E-state index is 11.7. The van der Waals surface area contributed by atoms with E-state index in [1.165, 1.54) is 7.11 Å². The number of rotatable bonds is 4. The third-order valence-corrected chi connectivity index (χ3v) is 2.89. The first-order valence-corrected chi connectivity index (χ1v) is 6.05. The van der Waals surface area contributed by atoms with Crippen LogP contribution in [0.15, 0.2) is 34.7 Å². The molecular weight excluding hydrogens is 244 g/mol. The molecule has 0 amide bonds. The van der Waals surface area contributed by atoms with Crippen LogP contribution in [0.3, 0.4) is 0 Å². The van der Waals surface area contributed by atoms with Crippen LogP contribution in [0.5, 0.6) is 5.75 Å². The van der Waals surface area contributed by atoms with Crippen LogP contribution in [-0.4, -0.2) is 20.2 Å². The quantitative estimate of drug-likeness (QED) is 0.791. The Morgan fingerprint density at radius 1 is 1.26 bits per heavy atom. The molecule has 0 radical (unpaired) electrons. The molecule has 0 N–H and O–H groups in total. The molecule has 0 bridgehead atoms. The summed E-state index contributed by atoms with van der Waals surface area (Å²) >= 11 is 0. The summed E-state index contributed by atoms with van der Waals surface area (Å²) in [6.45, 7) is 1.93. The number of hydrogen-bond acceptors (Lipinski definition) is 4. The summed E-state index contributed by atoms with van der Waals surface area (Å²) in [5.74, 6) is 1.63. The van der Waals surface area contributed by atoms with Gasteiger partial charge in [-0.15, -0.1) is 0 Å². The van der Waals surface area contributed by atoms with Crippen molar-refractivity contribution in [2.24, 2.45) is 0 Å². The van der Waals surface area contributed by atoms with Gasteiger partial charge >= 0.3 is 5.97 Å². The van der Waals surface area contributed by atoms with Gasteiger partial charge in [0.05, 0.1) is 14.2 Å². The zero-order chi connectivity index (χ0) is 13.8. The Hall–Kier alpha value is -2.23. The molecule has 0 spiro atoms. The van der Waals surface area contributed by atoms with Crippen LogP contribution >= 0.6 is 0 Å². The predicted octanol–water partition coefficient (Wildman–Crippen LogP) is 3.30. The average molecular weight is 260 g/mol. The van der Waals surface area contributed by atoms with Gasteiger partial charge in [-0.3, -0.25) is 0 Å². The van der Waals surface area contributed by atoms with Gasteiger partial charge < -0.3 is 13.9 Å². The lowest BCUT2D eigenvalue weighted by atomic mass is 10.1. The Morgan fingerprint density at radius 2 is 2.05 bits per heavy atom. The van der Waals surface area contributed by atoms with Crippen molar-refractivity contribution >= 4 is 5.97 Å². The largest absolute Gasteiger partial charge is 0.497 e. The molecule has 1 aromatic heterocycles. The fourth-order valence-corrected chi connectivity index (χ4v) is 1.89. The van der Waals surface area contributed by atoms with Gasteiger partial charge in [-0.25, -0.2) is 4.79 Å². The molecule has 2 aromatic rings. The van der Waals surface area contributed by atoms with E-state index in [-0.39, 0.29) is 5.97 Å². The highest BCUT2D eigenvalue weighted by Gasteiger charge is 2.18. The monoisotopic (exact) mass is 260 g/mol. The number of hydrogen-bond donors (Lipinski definition) is 0. The molecular formula is C15H16O4. The van der Waals surface area contributed by atoms with E-state index >= 15 is 0 Å². The Bertz CT molecular complexity index is 584. The van der Waals surface area contributed by atoms with Gasteiger partial charge in [0.15, 0.2) is 0 Å². The molecule has 19 heavy (non-hydrogen) atoms. The number of carbonyl (C=O) groups is 1. The number of ether oxygens (including phenoxy) is 2. The minimum atomic E-state index is -0.380.